The van der Waals surface area contributed by atoms with E-state index in [1.807, 2.05) is 0 Å². The highest BCUT2D eigenvalue weighted by Gasteiger charge is 2.15. The summed E-state index contributed by atoms with van der Waals surface area (Å²) in [5.41, 5.74) is 0.766. The number of Topliss-reactive ketones (excluding diaryl/α,β-unsaturated/α-hetero) is 1. The third-order valence-corrected chi connectivity index (χ3v) is 2.31. The molecule has 0 saturated heterocycles. The first kappa shape index (κ1) is 13.5. The summed E-state index contributed by atoms with van der Waals surface area (Å²) < 4.78 is 4.81. The molecule has 0 spiro atoms. The summed E-state index contributed by atoms with van der Waals surface area (Å²) >= 11 is 5.74. The molecule has 1 aromatic carbocycles. The Labute approximate surface area is 105 Å². The molecule has 0 unspecified atom stereocenters. The second kappa shape index (κ2) is 6.21. The van der Waals surface area contributed by atoms with Gasteiger partial charge in [0, 0.05) is 5.02 Å². The van der Waals surface area contributed by atoms with E-state index < -0.39 is 5.97 Å². The topological polar surface area (TPSA) is 43.4 Å². The van der Waals surface area contributed by atoms with Gasteiger partial charge in [-0.05, 0) is 37.6 Å². The molecule has 3 nitrogen and oxygen atoms in total. The molecule has 0 saturated carbocycles. The number of carbonyl (C=O) groups is 2. The van der Waals surface area contributed by atoms with Crippen LogP contribution in [0.3, 0.4) is 0 Å². The summed E-state index contributed by atoms with van der Waals surface area (Å²) in [6.45, 7) is 3.26. The van der Waals surface area contributed by atoms with Crippen LogP contribution in [0.15, 0.2) is 29.8 Å². The van der Waals surface area contributed by atoms with Crippen molar-refractivity contribution in [3.63, 3.8) is 0 Å². The number of ketones is 1. The Balaban J connectivity index is 3.02. The molecule has 1 rings (SSSR count). The lowest BCUT2D eigenvalue weighted by atomic mass is 10.1. The fourth-order valence-electron chi connectivity index (χ4n) is 1.24. The molecule has 0 atom stereocenters. The van der Waals surface area contributed by atoms with Crippen LogP contribution in [0.5, 0.6) is 0 Å². The van der Waals surface area contributed by atoms with E-state index in [1.54, 1.807) is 31.2 Å². The number of rotatable bonds is 4. The van der Waals surface area contributed by atoms with Crippen molar-refractivity contribution in [1.29, 1.82) is 0 Å². The lowest BCUT2D eigenvalue weighted by Crippen LogP contribution is -2.13. The van der Waals surface area contributed by atoms with Crippen LogP contribution in [-0.2, 0) is 14.3 Å². The van der Waals surface area contributed by atoms with Crippen LogP contribution in [0.4, 0.5) is 0 Å². The van der Waals surface area contributed by atoms with Crippen molar-refractivity contribution in [2.24, 2.45) is 0 Å². The Morgan fingerprint density at radius 2 is 1.88 bits per heavy atom. The van der Waals surface area contributed by atoms with Gasteiger partial charge in [-0.1, -0.05) is 23.7 Å². The molecule has 0 aliphatic rings. The van der Waals surface area contributed by atoms with Crippen LogP contribution in [-0.4, -0.2) is 18.4 Å². The SMILES string of the molecule is CCOC(=O)C(=Cc1ccc(Cl)cc1)C(C)=O. The lowest BCUT2D eigenvalue weighted by Gasteiger charge is -2.03. The largest absolute Gasteiger partial charge is 0.462 e. The minimum Gasteiger partial charge on any atom is -0.462 e. The molecule has 0 aliphatic carbocycles. The van der Waals surface area contributed by atoms with Crippen molar-refractivity contribution in [2.45, 2.75) is 13.8 Å². The fraction of sp³-hybridized carbons (Fsp3) is 0.231. The zero-order valence-electron chi connectivity index (χ0n) is 9.70. The normalized spacial score (nSPS) is 11.1. The molecule has 0 aromatic heterocycles. The number of halogens is 1. The molecule has 4 heteroatoms. The minimum absolute atomic E-state index is 0.0363. The number of esters is 1. The Bertz CT molecular complexity index is 446. The highest BCUT2D eigenvalue weighted by molar-refractivity contribution is 6.30. The first-order chi connectivity index (χ1) is 8.04. The predicted octanol–water partition coefficient (Wildman–Crippen LogP) is 2.88. The predicted molar refractivity (Wildman–Crippen MR) is 66.7 cm³/mol. The van der Waals surface area contributed by atoms with Gasteiger partial charge >= 0.3 is 5.97 Å². The maximum atomic E-state index is 11.5. The molecular formula is C13H13ClO3. The van der Waals surface area contributed by atoms with Crippen molar-refractivity contribution in [1.82, 2.24) is 0 Å². The molecular weight excluding hydrogens is 240 g/mol. The molecule has 90 valence electrons. The van der Waals surface area contributed by atoms with Gasteiger partial charge in [0.15, 0.2) is 5.78 Å². The number of ether oxygens (including phenoxy) is 1. The van der Waals surface area contributed by atoms with Gasteiger partial charge < -0.3 is 4.74 Å². The number of benzene rings is 1. The molecule has 1 aromatic rings. The van der Waals surface area contributed by atoms with E-state index in [9.17, 15) is 9.59 Å². The number of hydrogen-bond donors (Lipinski definition) is 0. The average Bonchev–Trinajstić information content (AvgIpc) is 2.28. The fourth-order valence-corrected chi connectivity index (χ4v) is 1.36. The highest BCUT2D eigenvalue weighted by atomic mass is 35.5. The van der Waals surface area contributed by atoms with E-state index in [1.165, 1.54) is 13.0 Å². The smallest absolute Gasteiger partial charge is 0.341 e. The van der Waals surface area contributed by atoms with Gasteiger partial charge in [-0.2, -0.15) is 0 Å². The highest BCUT2D eigenvalue weighted by Crippen LogP contribution is 2.13. The molecule has 0 aliphatic heterocycles. The van der Waals surface area contributed by atoms with Crippen LogP contribution >= 0.6 is 11.6 Å². The first-order valence-electron chi connectivity index (χ1n) is 5.20. The van der Waals surface area contributed by atoms with Crippen molar-refractivity contribution in [3.05, 3.63) is 40.4 Å². The van der Waals surface area contributed by atoms with Crippen LogP contribution in [0.2, 0.25) is 5.02 Å². The summed E-state index contributed by atoms with van der Waals surface area (Å²) in [5.74, 6) is -0.923. The van der Waals surface area contributed by atoms with E-state index in [0.717, 1.165) is 5.56 Å². The van der Waals surface area contributed by atoms with Gasteiger partial charge in [0.2, 0.25) is 0 Å². The molecule has 0 radical (unpaired) electrons. The second-order valence-corrected chi connectivity index (χ2v) is 3.82. The van der Waals surface area contributed by atoms with Gasteiger partial charge in [0.1, 0.15) is 5.57 Å². The summed E-state index contributed by atoms with van der Waals surface area (Å²) in [6.07, 6.45) is 1.50. The van der Waals surface area contributed by atoms with Crippen LogP contribution in [0, 0.1) is 0 Å². The summed E-state index contributed by atoms with van der Waals surface area (Å²) in [4.78, 5) is 22.9. The monoisotopic (exact) mass is 252 g/mol. The quantitative estimate of drug-likeness (QED) is 0.358. The van der Waals surface area contributed by atoms with E-state index >= 15 is 0 Å². The van der Waals surface area contributed by atoms with Crippen LogP contribution in [0.25, 0.3) is 6.08 Å². The van der Waals surface area contributed by atoms with E-state index in [4.69, 9.17) is 16.3 Å². The molecule has 0 N–H and O–H groups in total. The van der Waals surface area contributed by atoms with Crippen molar-refractivity contribution in [3.8, 4) is 0 Å². The second-order valence-electron chi connectivity index (χ2n) is 3.39. The third kappa shape index (κ3) is 4.04. The zero-order chi connectivity index (χ0) is 12.8. The Morgan fingerprint density at radius 3 is 2.35 bits per heavy atom. The molecule has 0 heterocycles. The van der Waals surface area contributed by atoms with Crippen LogP contribution < -0.4 is 0 Å². The molecule has 0 fully saturated rings. The first-order valence-corrected chi connectivity index (χ1v) is 5.57. The Morgan fingerprint density at radius 1 is 1.29 bits per heavy atom. The minimum atomic E-state index is -0.602. The number of carbonyl (C=O) groups excluding carboxylic acids is 2. The third-order valence-electron chi connectivity index (χ3n) is 2.06. The van der Waals surface area contributed by atoms with Gasteiger partial charge in [-0.15, -0.1) is 0 Å². The standard InChI is InChI=1S/C13H13ClO3/c1-3-17-13(16)12(9(2)15)8-10-4-6-11(14)7-5-10/h4-8H,3H2,1-2H3. The molecule has 0 amide bonds. The summed E-state index contributed by atoms with van der Waals surface area (Å²) in [6, 6.07) is 6.83. The Hall–Kier alpha value is -1.61. The van der Waals surface area contributed by atoms with Crippen LogP contribution in [0.1, 0.15) is 19.4 Å². The van der Waals surface area contributed by atoms with Crippen molar-refractivity contribution in [2.75, 3.05) is 6.61 Å². The molecule has 17 heavy (non-hydrogen) atoms. The summed E-state index contributed by atoms with van der Waals surface area (Å²) in [7, 11) is 0. The number of hydrogen-bond acceptors (Lipinski definition) is 3. The van der Waals surface area contributed by atoms with E-state index in [-0.39, 0.29) is 18.0 Å². The summed E-state index contributed by atoms with van der Waals surface area (Å²) in [5, 5.41) is 0.600. The lowest BCUT2D eigenvalue weighted by molar-refractivity contribution is -0.139. The van der Waals surface area contributed by atoms with E-state index in [0.29, 0.717) is 5.02 Å². The van der Waals surface area contributed by atoms with Gasteiger partial charge in [-0.25, -0.2) is 4.79 Å². The van der Waals surface area contributed by atoms with Gasteiger partial charge in [0.25, 0.3) is 0 Å². The molecule has 0 bridgehead atoms. The van der Waals surface area contributed by atoms with Gasteiger partial charge in [-0.3, -0.25) is 4.79 Å². The Kier molecular flexibility index (Phi) is 4.91. The van der Waals surface area contributed by atoms with Gasteiger partial charge in [0.05, 0.1) is 6.61 Å². The zero-order valence-corrected chi connectivity index (χ0v) is 10.5. The average molecular weight is 253 g/mol. The van der Waals surface area contributed by atoms with Crippen molar-refractivity contribution < 1.29 is 14.3 Å². The van der Waals surface area contributed by atoms with Crippen molar-refractivity contribution >= 4 is 29.4 Å². The maximum Gasteiger partial charge on any atom is 0.341 e. The van der Waals surface area contributed by atoms with E-state index in [2.05, 4.69) is 0 Å². The maximum absolute atomic E-state index is 11.5.